The Hall–Kier alpha value is -8.91. The van der Waals surface area contributed by atoms with E-state index in [1.165, 1.54) is 52.7 Å². The number of carbonyl (C=O) groups excluding carboxylic acids is 10. The zero-order valence-electron chi connectivity index (χ0n) is 49.1. The van der Waals surface area contributed by atoms with Crippen LogP contribution in [-0.2, 0) is 75.1 Å². The van der Waals surface area contributed by atoms with E-state index >= 15 is 0 Å². The zero-order chi connectivity index (χ0) is 66.2. The molecule has 0 aliphatic rings. The van der Waals surface area contributed by atoms with Crippen LogP contribution in [0.3, 0.4) is 0 Å². The van der Waals surface area contributed by atoms with Crippen LogP contribution in [0.1, 0.15) is 90.4 Å². The molecule has 0 aliphatic heterocycles. The van der Waals surface area contributed by atoms with Gasteiger partial charge in [-0.2, -0.15) is 0 Å². The van der Waals surface area contributed by atoms with Crippen molar-refractivity contribution in [2.24, 2.45) is 33.8 Å². The maximum atomic E-state index is 14.0. The molecule has 0 fully saturated rings. The molecule has 2 unspecified atom stereocenters. The highest BCUT2D eigenvalue weighted by Gasteiger charge is 2.36. The van der Waals surface area contributed by atoms with Gasteiger partial charge in [0.2, 0.25) is 53.2 Å². The van der Waals surface area contributed by atoms with Crippen LogP contribution in [0.15, 0.2) is 30.0 Å². The van der Waals surface area contributed by atoms with E-state index in [4.69, 9.17) is 32.8 Å². The van der Waals surface area contributed by atoms with Crippen LogP contribution in [0, 0.1) is 5.92 Å². The van der Waals surface area contributed by atoms with Gasteiger partial charge in [0.05, 0.1) is 38.3 Å². The van der Waals surface area contributed by atoms with Gasteiger partial charge in [0.15, 0.2) is 5.96 Å². The first-order valence-electron chi connectivity index (χ1n) is 27.9. The number of unbranched alkanes of at least 4 members (excludes halogenated alkanes) is 1. The van der Waals surface area contributed by atoms with Crippen LogP contribution in [0.2, 0.25) is 0 Å². The van der Waals surface area contributed by atoms with E-state index in [0.717, 1.165) is 0 Å². The molecule has 37 nitrogen and oxygen atoms in total. The van der Waals surface area contributed by atoms with Crippen LogP contribution >= 0.6 is 0 Å². The number of aliphatic imine (C=N–C) groups is 1. The summed E-state index contributed by atoms with van der Waals surface area (Å²) in [5.74, 6) is -14.0. The Balaban J connectivity index is 2.26. The number of aliphatic hydroxyl groups excluding tert-OH is 4. The Morgan fingerprint density at radius 3 is 1.50 bits per heavy atom. The number of guanidine groups is 1. The molecule has 12 atom stereocenters. The number of hydrogen-bond donors (Lipinski definition) is 21. The molecule has 2 heterocycles. The zero-order valence-corrected chi connectivity index (χ0v) is 49.1. The van der Waals surface area contributed by atoms with Crippen molar-refractivity contribution >= 4 is 77.0 Å². The lowest BCUT2D eigenvalue weighted by Gasteiger charge is -2.28. The highest BCUT2D eigenvalue weighted by Crippen LogP contribution is 2.10. The summed E-state index contributed by atoms with van der Waals surface area (Å²) in [6, 6.07) is -15.4. The average molecular weight is 1250 g/mol. The SMILES string of the molecule is CC(C)[C@H](NC(=O)[C@H](CCC(=O)O)NC(=O)[C@H](CO)NC(=O)[C@H](CCCCN)NC(=O)[C@H](Cc1cnc[nH]1)NC(=O)[C@H](C)NC(=O)[C@@H](N)CC(=O)OCC(O)C(O)CO)C(=O)N[C@@H](C)C(=O)N[C@@H](Cc1cnc[nH]1)C(=O)N[C@@H](CCCN=C(N)N)C(=O)O. The normalized spacial score (nSPS) is 15.2. The maximum absolute atomic E-state index is 14.0. The van der Waals surface area contributed by atoms with Crippen molar-refractivity contribution in [2.75, 3.05) is 32.9 Å². The minimum absolute atomic E-state index is 0.0653. The number of nitrogens with one attached hydrogen (secondary N) is 11. The van der Waals surface area contributed by atoms with Crippen molar-refractivity contribution in [1.82, 2.24) is 67.8 Å². The van der Waals surface area contributed by atoms with Gasteiger partial charge >= 0.3 is 17.9 Å². The summed E-state index contributed by atoms with van der Waals surface area (Å²) in [6.07, 6.45) is -0.0317. The number of amides is 9. The largest absolute Gasteiger partial charge is 0.481 e. The second-order valence-corrected chi connectivity index (χ2v) is 20.6. The molecule has 0 bridgehead atoms. The third-order valence-corrected chi connectivity index (χ3v) is 13.0. The van der Waals surface area contributed by atoms with Crippen molar-refractivity contribution < 1.29 is 92.9 Å². The number of ether oxygens (including phenoxy) is 1. The number of imidazole rings is 2. The monoisotopic (exact) mass is 1250 g/mol. The lowest BCUT2D eigenvalue weighted by atomic mass is 10.0. The number of rotatable bonds is 42. The molecule has 2 aromatic heterocycles. The smallest absolute Gasteiger partial charge is 0.326 e. The Morgan fingerprint density at radius 2 is 1.03 bits per heavy atom. The van der Waals surface area contributed by atoms with E-state index in [0.29, 0.717) is 17.8 Å². The summed E-state index contributed by atoms with van der Waals surface area (Å²) in [6.45, 7) is 3.02. The minimum atomic E-state index is -1.88. The van der Waals surface area contributed by atoms with Crippen LogP contribution in [0.25, 0.3) is 0 Å². The summed E-state index contributed by atoms with van der Waals surface area (Å²) in [5, 5.41) is 79.4. The summed E-state index contributed by atoms with van der Waals surface area (Å²) in [7, 11) is 0. The number of nitrogens with zero attached hydrogens (tertiary/aromatic N) is 3. The molecular weight excluding hydrogens is 1170 g/mol. The van der Waals surface area contributed by atoms with E-state index in [9.17, 15) is 83.1 Å². The van der Waals surface area contributed by atoms with Gasteiger partial charge in [-0.25, -0.2) is 14.8 Å². The fourth-order valence-electron chi connectivity index (χ4n) is 7.87. The number of aromatic amines is 2. The van der Waals surface area contributed by atoms with Gasteiger partial charge in [-0.1, -0.05) is 13.8 Å². The average Bonchev–Trinajstić information content (AvgIpc) is 3.85. The number of aliphatic hydroxyl groups is 4. The number of hydrogen-bond acceptors (Lipinski definition) is 22. The fourth-order valence-corrected chi connectivity index (χ4v) is 7.87. The highest BCUT2D eigenvalue weighted by molar-refractivity contribution is 5.99. The molecule has 0 radical (unpaired) electrons. The number of aliphatic carboxylic acids is 2. The summed E-state index contributed by atoms with van der Waals surface area (Å²) < 4.78 is 4.77. The van der Waals surface area contributed by atoms with Gasteiger partial charge in [0, 0.05) is 49.6 Å². The standard InChI is InChI=1S/C51H84N18O19/c1-24(2)40(49(85)62-26(4)42(78)67-34(15-28-18-57-23-60-28)47(83)65-32(50(86)87)9-7-13-58-51(54)55)69-45(81)31(10-11-38(74)75)64-48(84)35(19-70)68-44(80)30(8-5-6-12-52)63-46(82)33(14-27-17-56-22-59-27)66-41(77)25(3)61-43(79)29(53)16-39(76)88-21-37(73)36(72)20-71/h17-18,22-26,29-37,40,70-73H,5-16,19-21,52-53H2,1-4H3,(H,56,59)(H,57,60)(H,61,79)(H,62,85)(H,63,82)(H,64,84)(H,65,83)(H,66,77)(H,67,78)(H,68,80)(H,69,81)(H,74,75)(H,86,87)(H4,54,55,58)/t25-,26-,29-,30-,31-,32-,33-,34-,35-,36?,37?,40-/m0/s1. The van der Waals surface area contributed by atoms with Gasteiger partial charge in [-0.15, -0.1) is 0 Å². The van der Waals surface area contributed by atoms with Crippen molar-refractivity contribution in [3.63, 3.8) is 0 Å². The molecule has 0 saturated carbocycles. The van der Waals surface area contributed by atoms with Crippen molar-refractivity contribution in [1.29, 1.82) is 0 Å². The number of H-pyrrole nitrogens is 2. The van der Waals surface area contributed by atoms with E-state index < -0.39 is 189 Å². The maximum Gasteiger partial charge on any atom is 0.326 e. The third kappa shape index (κ3) is 27.6. The Bertz CT molecular complexity index is 2640. The van der Waals surface area contributed by atoms with E-state index in [1.54, 1.807) is 0 Å². The van der Waals surface area contributed by atoms with Gasteiger partial charge in [-0.05, 0) is 64.8 Å². The number of esters is 1. The first kappa shape index (κ1) is 75.2. The summed E-state index contributed by atoms with van der Waals surface area (Å²) >= 11 is 0. The van der Waals surface area contributed by atoms with Gasteiger partial charge < -0.3 is 116 Å². The molecule has 492 valence electrons. The quantitative estimate of drug-likeness (QED) is 0.0127. The van der Waals surface area contributed by atoms with E-state index in [-0.39, 0.29) is 57.6 Å². The van der Waals surface area contributed by atoms with Crippen LogP contribution in [-0.4, -0.2) is 233 Å². The van der Waals surface area contributed by atoms with Gasteiger partial charge in [-0.3, -0.25) is 57.7 Å². The Labute approximate surface area is 504 Å². The first-order valence-corrected chi connectivity index (χ1v) is 27.9. The Morgan fingerprint density at radius 1 is 0.568 bits per heavy atom. The van der Waals surface area contributed by atoms with Crippen molar-refractivity contribution in [3.8, 4) is 0 Å². The highest BCUT2D eigenvalue weighted by atomic mass is 16.5. The fraction of sp³-hybridized carbons (Fsp3) is 0.627. The van der Waals surface area contributed by atoms with Gasteiger partial charge in [0.25, 0.3) is 0 Å². The van der Waals surface area contributed by atoms with E-state index in [2.05, 4.69) is 72.8 Å². The van der Waals surface area contributed by atoms with E-state index in [1.807, 2.05) is 0 Å². The molecule has 2 aromatic rings. The number of aromatic nitrogens is 4. The van der Waals surface area contributed by atoms with Crippen LogP contribution < -0.4 is 70.8 Å². The van der Waals surface area contributed by atoms with Crippen molar-refractivity contribution in [2.45, 2.75) is 165 Å². The number of carboxylic acids is 2. The molecule has 25 N–H and O–H groups in total. The molecular formula is C51H84N18O19. The minimum Gasteiger partial charge on any atom is -0.481 e. The molecule has 9 amide bonds. The van der Waals surface area contributed by atoms with Crippen LogP contribution in [0.5, 0.6) is 0 Å². The molecule has 37 heteroatoms. The molecule has 2 rings (SSSR count). The lowest BCUT2D eigenvalue weighted by molar-refractivity contribution is -0.151. The molecule has 88 heavy (non-hydrogen) atoms. The molecule has 0 aliphatic carbocycles. The number of nitrogens with two attached hydrogens (primary N) is 4. The van der Waals surface area contributed by atoms with Crippen molar-refractivity contribution in [3.05, 3.63) is 36.4 Å². The summed E-state index contributed by atoms with van der Waals surface area (Å²) in [5.41, 5.74) is 22.8. The molecule has 0 saturated heterocycles. The topological polar surface area (TPSA) is 618 Å². The lowest BCUT2D eigenvalue weighted by Crippen LogP contribution is -2.61. The first-order chi connectivity index (χ1) is 41.5. The van der Waals surface area contributed by atoms with Crippen LogP contribution in [0.4, 0.5) is 0 Å². The number of carbonyl (C=O) groups is 12. The predicted octanol–water partition coefficient (Wildman–Crippen LogP) is -8.92. The molecule has 0 aromatic carbocycles. The Kier molecular flexibility index (Phi) is 33.3. The summed E-state index contributed by atoms with van der Waals surface area (Å²) in [4.78, 5) is 176. The van der Waals surface area contributed by atoms with Gasteiger partial charge in [0.1, 0.15) is 73.2 Å². The second kappa shape index (κ2) is 39.0. The third-order valence-electron chi connectivity index (χ3n) is 13.0. The second-order valence-electron chi connectivity index (χ2n) is 20.6. The number of carboxylic acid groups (broad SMARTS) is 2. The molecule has 0 spiro atoms. The predicted molar refractivity (Wildman–Crippen MR) is 305 cm³/mol.